The van der Waals surface area contributed by atoms with Gasteiger partial charge in [-0.2, -0.15) is 0 Å². The maximum Gasteiger partial charge on any atom is 0.326 e. The number of ether oxygens (including phenoxy) is 1. The van der Waals surface area contributed by atoms with Gasteiger partial charge in [-0.15, -0.1) is 0 Å². The van der Waals surface area contributed by atoms with Gasteiger partial charge in [0.15, 0.2) is 0 Å². The van der Waals surface area contributed by atoms with Gasteiger partial charge in [0, 0.05) is 0 Å². The first-order chi connectivity index (χ1) is 10.9. The molecule has 3 unspecified atom stereocenters. The van der Waals surface area contributed by atoms with Crippen LogP contribution in [0, 0.1) is 29.1 Å². The highest BCUT2D eigenvalue weighted by Gasteiger charge is 2.43. The fourth-order valence-electron chi connectivity index (χ4n) is 4.41. The van der Waals surface area contributed by atoms with E-state index in [0.717, 1.165) is 6.42 Å². The van der Waals surface area contributed by atoms with Crippen molar-refractivity contribution in [3.05, 3.63) is 0 Å². The zero-order valence-corrected chi connectivity index (χ0v) is 17.5. The highest BCUT2D eigenvalue weighted by molar-refractivity contribution is 5.80. The van der Waals surface area contributed by atoms with Crippen molar-refractivity contribution in [3.63, 3.8) is 0 Å². The van der Waals surface area contributed by atoms with Crippen LogP contribution >= 0.6 is 0 Å². The van der Waals surface area contributed by atoms with Crippen molar-refractivity contribution in [2.24, 2.45) is 29.1 Å². The average molecular weight is 340 g/mol. The van der Waals surface area contributed by atoms with E-state index >= 15 is 0 Å². The molecular weight excluding hydrogens is 298 g/mol. The van der Waals surface area contributed by atoms with Crippen molar-refractivity contribution in [1.82, 2.24) is 5.32 Å². The van der Waals surface area contributed by atoms with Crippen LogP contribution in [0.3, 0.4) is 0 Å². The highest BCUT2D eigenvalue weighted by atomic mass is 16.5. The monoisotopic (exact) mass is 339 g/mol. The molecule has 1 saturated carbocycles. The van der Waals surface area contributed by atoms with Crippen molar-refractivity contribution in [2.75, 3.05) is 7.05 Å². The first-order valence-corrected chi connectivity index (χ1v) is 9.81. The molecule has 0 aliphatic heterocycles. The maximum atomic E-state index is 13.1. The Labute approximate surface area is 150 Å². The third-order valence-electron chi connectivity index (χ3n) is 5.76. The molecule has 3 heteroatoms. The van der Waals surface area contributed by atoms with Crippen LogP contribution in [0.1, 0.15) is 81.1 Å². The van der Waals surface area contributed by atoms with Crippen molar-refractivity contribution >= 4 is 5.97 Å². The van der Waals surface area contributed by atoms with E-state index in [9.17, 15) is 4.79 Å². The molecule has 1 N–H and O–H groups in total. The number of likely N-dealkylation sites (N-methyl/N-ethyl adjacent to an activating group) is 1. The Kier molecular flexibility index (Phi) is 7.34. The number of rotatable bonds is 6. The van der Waals surface area contributed by atoms with Gasteiger partial charge in [-0.25, -0.2) is 0 Å². The van der Waals surface area contributed by atoms with Crippen LogP contribution in [0.15, 0.2) is 0 Å². The Bertz CT molecular complexity index is 395. The fraction of sp³-hybridized carbons (Fsp3) is 0.952. The first kappa shape index (κ1) is 21.5. The molecular formula is C21H41NO2. The van der Waals surface area contributed by atoms with E-state index in [1.807, 2.05) is 14.0 Å². The Hall–Kier alpha value is -0.570. The molecule has 0 aromatic rings. The van der Waals surface area contributed by atoms with Gasteiger partial charge in [0.25, 0.3) is 0 Å². The van der Waals surface area contributed by atoms with E-state index in [0.29, 0.717) is 23.7 Å². The average Bonchev–Trinajstić information content (AvgIpc) is 2.44. The summed E-state index contributed by atoms with van der Waals surface area (Å²) in [5.74, 6) is 1.97. The first-order valence-electron chi connectivity index (χ1n) is 9.81. The second kappa shape index (κ2) is 8.21. The summed E-state index contributed by atoms with van der Waals surface area (Å²) in [6, 6.07) is 0. The number of nitrogens with one attached hydrogen (secondary N) is 1. The third-order valence-corrected chi connectivity index (χ3v) is 5.76. The Morgan fingerprint density at radius 1 is 1.04 bits per heavy atom. The minimum Gasteiger partial charge on any atom is -0.460 e. The molecule has 1 aliphatic rings. The quantitative estimate of drug-likeness (QED) is 0.689. The summed E-state index contributed by atoms with van der Waals surface area (Å²) in [7, 11) is 1.87. The maximum absolute atomic E-state index is 13.1. The second-order valence-corrected chi connectivity index (χ2v) is 9.94. The Morgan fingerprint density at radius 3 is 1.83 bits per heavy atom. The van der Waals surface area contributed by atoms with E-state index in [-0.39, 0.29) is 17.5 Å². The van der Waals surface area contributed by atoms with Crippen LogP contribution in [0.2, 0.25) is 0 Å². The lowest BCUT2D eigenvalue weighted by Crippen LogP contribution is -2.54. The molecule has 24 heavy (non-hydrogen) atoms. The summed E-state index contributed by atoms with van der Waals surface area (Å²) in [4.78, 5) is 13.1. The lowest BCUT2D eigenvalue weighted by molar-refractivity contribution is -0.169. The fourth-order valence-corrected chi connectivity index (χ4v) is 4.41. The zero-order chi connectivity index (χ0) is 18.7. The van der Waals surface area contributed by atoms with Crippen molar-refractivity contribution in [3.8, 4) is 0 Å². The SMILES string of the molecule is CNC(C)(CC(C)(C)C)C(=O)OC1C(C(C)C)CCCC1C(C)C. The Balaban J connectivity index is 3.00. The largest absolute Gasteiger partial charge is 0.460 e. The predicted octanol–water partition coefficient (Wildman–Crippen LogP) is 5.04. The van der Waals surface area contributed by atoms with Crippen LogP contribution in [0.25, 0.3) is 0 Å². The standard InChI is InChI=1S/C21H41NO2/c1-14(2)16-11-10-12-17(15(3)4)18(16)24-19(23)21(8,22-9)13-20(5,6)7/h14-18,22H,10-13H2,1-9H3. The molecule has 3 atom stereocenters. The second-order valence-electron chi connectivity index (χ2n) is 9.94. The van der Waals surface area contributed by atoms with Gasteiger partial charge in [-0.05, 0) is 62.3 Å². The van der Waals surface area contributed by atoms with Crippen LogP contribution in [-0.4, -0.2) is 24.7 Å². The highest BCUT2D eigenvalue weighted by Crippen LogP contribution is 2.40. The van der Waals surface area contributed by atoms with Gasteiger partial charge in [0.1, 0.15) is 11.6 Å². The van der Waals surface area contributed by atoms with Crippen LogP contribution in [0.4, 0.5) is 0 Å². The molecule has 3 nitrogen and oxygen atoms in total. The van der Waals surface area contributed by atoms with E-state index in [2.05, 4.69) is 53.8 Å². The molecule has 0 aromatic heterocycles. The normalized spacial score (nSPS) is 28.0. The smallest absolute Gasteiger partial charge is 0.326 e. The summed E-state index contributed by atoms with van der Waals surface area (Å²) >= 11 is 0. The topological polar surface area (TPSA) is 38.3 Å². The zero-order valence-electron chi connectivity index (χ0n) is 17.5. The third kappa shape index (κ3) is 5.47. The number of hydrogen-bond donors (Lipinski definition) is 1. The Morgan fingerprint density at radius 2 is 1.50 bits per heavy atom. The predicted molar refractivity (Wildman–Crippen MR) is 102 cm³/mol. The van der Waals surface area contributed by atoms with Gasteiger partial charge in [-0.3, -0.25) is 4.79 Å². The number of esters is 1. The van der Waals surface area contributed by atoms with Gasteiger partial charge in [-0.1, -0.05) is 54.9 Å². The summed E-state index contributed by atoms with van der Waals surface area (Å²) in [6.07, 6.45) is 4.42. The molecule has 0 saturated heterocycles. The molecule has 0 amide bonds. The molecule has 0 heterocycles. The van der Waals surface area contributed by atoms with Crippen LogP contribution < -0.4 is 5.32 Å². The van der Waals surface area contributed by atoms with Gasteiger partial charge >= 0.3 is 5.97 Å². The number of carbonyl (C=O) groups excluding carboxylic acids is 1. The molecule has 0 spiro atoms. The minimum atomic E-state index is -0.626. The van der Waals surface area contributed by atoms with Crippen LogP contribution in [-0.2, 0) is 9.53 Å². The molecule has 0 aromatic carbocycles. The van der Waals surface area contributed by atoms with E-state index in [1.54, 1.807) is 0 Å². The van der Waals surface area contributed by atoms with Gasteiger partial charge in [0.05, 0.1) is 0 Å². The van der Waals surface area contributed by atoms with Gasteiger partial charge in [0.2, 0.25) is 0 Å². The van der Waals surface area contributed by atoms with E-state index < -0.39 is 5.54 Å². The van der Waals surface area contributed by atoms with E-state index in [1.165, 1.54) is 19.3 Å². The molecule has 0 bridgehead atoms. The summed E-state index contributed by atoms with van der Waals surface area (Å²) in [6.45, 7) is 17.6. The van der Waals surface area contributed by atoms with Gasteiger partial charge < -0.3 is 10.1 Å². The van der Waals surface area contributed by atoms with E-state index in [4.69, 9.17) is 4.74 Å². The molecule has 1 fully saturated rings. The minimum absolute atomic E-state index is 0.0545. The lowest BCUT2D eigenvalue weighted by atomic mass is 9.70. The summed E-state index contributed by atoms with van der Waals surface area (Å²) in [5.41, 5.74) is -0.559. The molecule has 1 aliphatic carbocycles. The molecule has 0 radical (unpaired) electrons. The summed E-state index contributed by atoms with van der Waals surface area (Å²) < 4.78 is 6.24. The molecule has 1 rings (SSSR count). The molecule has 142 valence electrons. The van der Waals surface area contributed by atoms with Crippen LogP contribution in [0.5, 0.6) is 0 Å². The van der Waals surface area contributed by atoms with Crippen molar-refractivity contribution in [2.45, 2.75) is 92.7 Å². The lowest BCUT2D eigenvalue weighted by Gasteiger charge is -2.43. The van der Waals surface area contributed by atoms with Crippen molar-refractivity contribution < 1.29 is 9.53 Å². The number of hydrogen-bond acceptors (Lipinski definition) is 3. The van der Waals surface area contributed by atoms with Crippen molar-refractivity contribution in [1.29, 1.82) is 0 Å². The summed E-state index contributed by atoms with van der Waals surface area (Å²) in [5, 5.41) is 3.24. The number of carbonyl (C=O) groups is 1.